The molecule has 2 radical (unpaired) electrons. The first-order chi connectivity index (χ1) is 6.18. The summed E-state index contributed by atoms with van der Waals surface area (Å²) in [7, 11) is 7.88. The van der Waals surface area contributed by atoms with Crippen LogP contribution in [0.15, 0.2) is 12.1 Å². The van der Waals surface area contributed by atoms with Crippen molar-refractivity contribution >= 4 is 19.5 Å². The van der Waals surface area contributed by atoms with Gasteiger partial charge in [0.15, 0.2) is 0 Å². The third-order valence-electron chi connectivity index (χ3n) is 2.35. The third-order valence-corrected chi connectivity index (χ3v) is 2.35. The lowest BCUT2D eigenvalue weighted by Crippen LogP contribution is -2.38. The summed E-state index contributed by atoms with van der Waals surface area (Å²) < 4.78 is 0. The average Bonchev–Trinajstić information content (AvgIpc) is 2.12. The smallest absolute Gasteiger partial charge is 0.228 e. The van der Waals surface area contributed by atoms with Crippen molar-refractivity contribution in [3.8, 4) is 0 Å². The first kappa shape index (κ1) is 8.41. The van der Waals surface area contributed by atoms with Gasteiger partial charge in [-0.3, -0.25) is 0 Å². The average molecular weight is 173 g/mol. The SMILES string of the molecule is [B]N1CCN(C)c2ccc(C)nc21. The quantitative estimate of drug-likeness (QED) is 0.539. The molecule has 0 aliphatic carbocycles. The molecule has 4 heteroatoms. The summed E-state index contributed by atoms with van der Waals surface area (Å²) in [4.78, 5) is 8.29. The Hall–Kier alpha value is -1.19. The number of pyridine rings is 1. The number of anilines is 2. The minimum atomic E-state index is 0.833. The summed E-state index contributed by atoms with van der Waals surface area (Å²) in [5, 5.41) is 0. The van der Waals surface area contributed by atoms with Crippen LogP contribution in [0.1, 0.15) is 5.69 Å². The Bertz CT molecular complexity index is 327. The van der Waals surface area contributed by atoms with Crippen molar-refractivity contribution in [1.29, 1.82) is 0 Å². The van der Waals surface area contributed by atoms with Crippen LogP contribution in [0.4, 0.5) is 11.5 Å². The van der Waals surface area contributed by atoms with E-state index in [1.807, 2.05) is 13.0 Å². The number of nitrogens with zero attached hydrogens (tertiary/aromatic N) is 3. The molecule has 1 aromatic rings. The molecule has 0 aromatic carbocycles. The molecular formula is C9H12BN3. The summed E-state index contributed by atoms with van der Waals surface area (Å²) in [5.41, 5.74) is 2.11. The normalized spacial score (nSPS) is 15.8. The molecule has 2 rings (SSSR count). The van der Waals surface area contributed by atoms with Crippen LogP contribution in [0.25, 0.3) is 0 Å². The van der Waals surface area contributed by atoms with Crippen LogP contribution < -0.4 is 9.71 Å². The molecule has 0 unspecified atom stereocenters. The lowest BCUT2D eigenvalue weighted by Gasteiger charge is -2.34. The van der Waals surface area contributed by atoms with Gasteiger partial charge in [0.25, 0.3) is 0 Å². The van der Waals surface area contributed by atoms with Crippen molar-refractivity contribution in [1.82, 2.24) is 4.98 Å². The van der Waals surface area contributed by atoms with Gasteiger partial charge in [-0.25, -0.2) is 4.98 Å². The second-order valence-corrected chi connectivity index (χ2v) is 3.41. The molecule has 0 fully saturated rings. The maximum Gasteiger partial charge on any atom is 0.228 e. The Balaban J connectivity index is 2.50. The molecule has 0 N–H and O–H groups in total. The predicted molar refractivity (Wildman–Crippen MR) is 55.3 cm³/mol. The van der Waals surface area contributed by atoms with Crippen LogP contribution in [0.3, 0.4) is 0 Å². The molecule has 66 valence electrons. The molecule has 1 aliphatic heterocycles. The van der Waals surface area contributed by atoms with Crippen LogP contribution >= 0.6 is 0 Å². The van der Waals surface area contributed by atoms with Crippen LogP contribution in [0.5, 0.6) is 0 Å². The molecule has 0 bridgehead atoms. The number of aryl methyl sites for hydroxylation is 1. The molecule has 3 nitrogen and oxygen atoms in total. The lowest BCUT2D eigenvalue weighted by atomic mass is 10.2. The fourth-order valence-corrected chi connectivity index (χ4v) is 1.53. The van der Waals surface area contributed by atoms with E-state index >= 15 is 0 Å². The Morgan fingerprint density at radius 3 is 2.92 bits per heavy atom. The van der Waals surface area contributed by atoms with Gasteiger partial charge in [-0.15, -0.1) is 0 Å². The van der Waals surface area contributed by atoms with Gasteiger partial charge < -0.3 is 9.71 Å². The predicted octanol–water partition coefficient (Wildman–Crippen LogP) is 0.730. The molecular weight excluding hydrogens is 161 g/mol. The van der Waals surface area contributed by atoms with Crippen molar-refractivity contribution in [3.05, 3.63) is 17.8 Å². The number of hydrogen-bond acceptors (Lipinski definition) is 3. The van der Waals surface area contributed by atoms with Gasteiger partial charge in [-0.2, -0.15) is 0 Å². The van der Waals surface area contributed by atoms with Gasteiger partial charge in [0.05, 0.1) is 5.69 Å². The van der Waals surface area contributed by atoms with Crippen LogP contribution in [-0.2, 0) is 0 Å². The topological polar surface area (TPSA) is 19.4 Å². The zero-order chi connectivity index (χ0) is 9.42. The maximum atomic E-state index is 5.82. The molecule has 0 spiro atoms. The van der Waals surface area contributed by atoms with Crippen molar-refractivity contribution in [2.45, 2.75) is 6.92 Å². The largest absolute Gasteiger partial charge is 0.407 e. The Kier molecular flexibility index (Phi) is 1.91. The highest BCUT2D eigenvalue weighted by Crippen LogP contribution is 2.28. The summed E-state index contributed by atoms with van der Waals surface area (Å²) in [5.74, 6) is 0.883. The van der Waals surface area contributed by atoms with Crippen molar-refractivity contribution in [3.63, 3.8) is 0 Å². The van der Waals surface area contributed by atoms with Gasteiger partial charge in [0.1, 0.15) is 5.82 Å². The minimum absolute atomic E-state index is 0.833. The van der Waals surface area contributed by atoms with E-state index in [1.54, 1.807) is 4.81 Å². The molecule has 0 saturated heterocycles. The first-order valence-electron chi connectivity index (χ1n) is 4.39. The number of aromatic nitrogens is 1. The van der Waals surface area contributed by atoms with Gasteiger partial charge in [-0.1, -0.05) is 0 Å². The highest BCUT2D eigenvalue weighted by atomic mass is 15.2. The van der Waals surface area contributed by atoms with Gasteiger partial charge in [-0.05, 0) is 19.1 Å². The van der Waals surface area contributed by atoms with E-state index in [1.165, 1.54) is 0 Å². The Morgan fingerprint density at radius 2 is 2.15 bits per heavy atom. The zero-order valence-corrected chi connectivity index (χ0v) is 7.99. The monoisotopic (exact) mass is 173 g/mol. The molecule has 1 aromatic heterocycles. The number of fused-ring (bicyclic) bond motifs is 1. The molecule has 13 heavy (non-hydrogen) atoms. The number of rotatable bonds is 0. The second-order valence-electron chi connectivity index (χ2n) is 3.41. The fourth-order valence-electron chi connectivity index (χ4n) is 1.53. The molecule has 0 amide bonds. The summed E-state index contributed by atoms with van der Waals surface area (Å²) in [6.45, 7) is 3.76. The van der Waals surface area contributed by atoms with Crippen LogP contribution in [0, 0.1) is 6.92 Å². The van der Waals surface area contributed by atoms with Crippen LogP contribution in [0.2, 0.25) is 0 Å². The van der Waals surface area contributed by atoms with Crippen molar-refractivity contribution < 1.29 is 0 Å². The Morgan fingerprint density at radius 1 is 1.38 bits per heavy atom. The molecule has 1 aliphatic rings. The van der Waals surface area contributed by atoms with E-state index in [0.717, 1.165) is 30.3 Å². The highest BCUT2D eigenvalue weighted by molar-refractivity contribution is 6.18. The van der Waals surface area contributed by atoms with E-state index in [2.05, 4.69) is 23.0 Å². The maximum absolute atomic E-state index is 5.82. The zero-order valence-electron chi connectivity index (χ0n) is 7.99. The Labute approximate surface area is 79.8 Å². The van der Waals surface area contributed by atoms with E-state index in [0.29, 0.717) is 0 Å². The second kappa shape index (κ2) is 2.94. The van der Waals surface area contributed by atoms with Crippen molar-refractivity contribution in [2.75, 3.05) is 29.8 Å². The number of hydrogen-bond donors (Lipinski definition) is 0. The van der Waals surface area contributed by atoms with E-state index < -0.39 is 0 Å². The summed E-state index contributed by atoms with van der Waals surface area (Å²) >= 11 is 0. The molecule has 2 heterocycles. The lowest BCUT2D eigenvalue weighted by molar-refractivity contribution is 0.830. The van der Waals surface area contributed by atoms with Crippen LogP contribution in [-0.4, -0.2) is 33.1 Å². The van der Waals surface area contributed by atoms with Gasteiger partial charge in [0, 0.05) is 25.8 Å². The van der Waals surface area contributed by atoms with Gasteiger partial charge in [0.2, 0.25) is 7.98 Å². The molecule has 0 saturated carbocycles. The standard InChI is InChI=1S/C9H12BN3/c1-7-3-4-8-9(11-7)13(10)6-5-12(8)2/h3-4H,5-6H2,1-2H3. The summed E-state index contributed by atoms with van der Waals surface area (Å²) in [6.07, 6.45) is 0. The molecule has 0 atom stereocenters. The number of likely N-dealkylation sites (N-methyl/N-ethyl adjacent to an activating group) is 1. The van der Waals surface area contributed by atoms with Gasteiger partial charge >= 0.3 is 0 Å². The van der Waals surface area contributed by atoms with E-state index in [9.17, 15) is 0 Å². The summed E-state index contributed by atoms with van der Waals surface area (Å²) in [6, 6.07) is 4.07. The fraction of sp³-hybridized carbons (Fsp3) is 0.444. The first-order valence-corrected chi connectivity index (χ1v) is 4.39. The highest BCUT2D eigenvalue weighted by Gasteiger charge is 2.17. The van der Waals surface area contributed by atoms with E-state index in [-0.39, 0.29) is 0 Å². The minimum Gasteiger partial charge on any atom is -0.407 e. The van der Waals surface area contributed by atoms with E-state index in [4.69, 9.17) is 7.98 Å². The third kappa shape index (κ3) is 1.36. The van der Waals surface area contributed by atoms with Crippen molar-refractivity contribution in [2.24, 2.45) is 0 Å².